The van der Waals surface area contributed by atoms with E-state index in [9.17, 15) is 0 Å². The van der Waals surface area contributed by atoms with Gasteiger partial charge < -0.3 is 10.1 Å². The molecule has 1 aliphatic carbocycles. The Morgan fingerprint density at radius 2 is 2.11 bits per heavy atom. The van der Waals surface area contributed by atoms with Gasteiger partial charge in [0, 0.05) is 6.04 Å². The molecule has 2 nitrogen and oxygen atoms in total. The van der Waals surface area contributed by atoms with E-state index in [0.29, 0.717) is 6.04 Å². The van der Waals surface area contributed by atoms with Crippen molar-refractivity contribution >= 4 is 0 Å². The van der Waals surface area contributed by atoms with E-state index in [1.807, 2.05) is 0 Å². The van der Waals surface area contributed by atoms with Gasteiger partial charge in [-0.1, -0.05) is 38.0 Å². The molecule has 2 aliphatic rings. The molecule has 1 aromatic rings. The van der Waals surface area contributed by atoms with Gasteiger partial charge in [-0.15, -0.1) is 0 Å². The predicted octanol–water partition coefficient (Wildman–Crippen LogP) is 3.95. The molecular weight excluding hydrogens is 234 g/mol. The summed E-state index contributed by atoms with van der Waals surface area (Å²) in [6, 6.07) is 7.46. The summed E-state index contributed by atoms with van der Waals surface area (Å²) in [6.45, 7) is 4.95. The van der Waals surface area contributed by atoms with Crippen LogP contribution < -0.4 is 5.32 Å². The average Bonchev–Trinajstić information content (AvgIpc) is 3.14. The molecule has 0 saturated heterocycles. The zero-order valence-corrected chi connectivity index (χ0v) is 12.0. The van der Waals surface area contributed by atoms with Crippen molar-refractivity contribution in [2.24, 2.45) is 5.92 Å². The maximum absolute atomic E-state index is 5.52. The SMILES string of the molecule is CCCNC(CCC1CC1)c1ccc2c(c1)COC2. The minimum atomic E-state index is 0.534. The normalized spacial score (nSPS) is 19.4. The zero-order valence-electron chi connectivity index (χ0n) is 12.0. The Morgan fingerprint density at radius 3 is 2.89 bits per heavy atom. The van der Waals surface area contributed by atoms with E-state index in [0.717, 1.165) is 25.7 Å². The Labute approximate surface area is 116 Å². The summed E-state index contributed by atoms with van der Waals surface area (Å²) in [5, 5.41) is 3.72. The third-order valence-electron chi connectivity index (χ3n) is 4.35. The van der Waals surface area contributed by atoms with Crippen LogP contribution in [0.5, 0.6) is 0 Å². The second-order valence-corrected chi connectivity index (χ2v) is 6.05. The Balaban J connectivity index is 1.69. The van der Waals surface area contributed by atoms with E-state index >= 15 is 0 Å². The highest BCUT2D eigenvalue weighted by molar-refractivity contribution is 5.34. The molecule has 1 saturated carbocycles. The molecular formula is C17H25NO. The number of benzene rings is 1. The zero-order chi connectivity index (χ0) is 13.1. The monoisotopic (exact) mass is 259 g/mol. The van der Waals surface area contributed by atoms with E-state index in [-0.39, 0.29) is 0 Å². The summed E-state index contributed by atoms with van der Waals surface area (Å²) < 4.78 is 5.52. The molecule has 0 aromatic heterocycles. The number of rotatable bonds is 7. The van der Waals surface area contributed by atoms with Crippen LogP contribution in [-0.2, 0) is 18.0 Å². The molecule has 2 heteroatoms. The van der Waals surface area contributed by atoms with Crippen molar-refractivity contribution in [2.75, 3.05) is 6.54 Å². The van der Waals surface area contributed by atoms with Crippen LogP contribution in [0.25, 0.3) is 0 Å². The highest BCUT2D eigenvalue weighted by atomic mass is 16.5. The minimum Gasteiger partial charge on any atom is -0.372 e. The molecule has 0 bridgehead atoms. The Kier molecular flexibility index (Phi) is 4.19. The van der Waals surface area contributed by atoms with Crippen molar-refractivity contribution in [3.05, 3.63) is 34.9 Å². The summed E-state index contributed by atoms with van der Waals surface area (Å²) in [4.78, 5) is 0. The second kappa shape index (κ2) is 6.06. The van der Waals surface area contributed by atoms with Gasteiger partial charge in [0.2, 0.25) is 0 Å². The molecule has 0 spiro atoms. The van der Waals surface area contributed by atoms with Crippen molar-refractivity contribution in [3.63, 3.8) is 0 Å². The molecule has 1 heterocycles. The van der Waals surface area contributed by atoms with Crippen molar-refractivity contribution in [2.45, 2.75) is 58.3 Å². The first-order valence-electron chi connectivity index (χ1n) is 7.79. The molecule has 0 radical (unpaired) electrons. The molecule has 19 heavy (non-hydrogen) atoms. The van der Waals surface area contributed by atoms with Crippen LogP contribution in [0, 0.1) is 5.92 Å². The van der Waals surface area contributed by atoms with Gasteiger partial charge in [-0.3, -0.25) is 0 Å². The summed E-state index contributed by atoms with van der Waals surface area (Å²) in [5.41, 5.74) is 4.23. The van der Waals surface area contributed by atoms with Gasteiger partial charge in [0.25, 0.3) is 0 Å². The van der Waals surface area contributed by atoms with Crippen molar-refractivity contribution in [3.8, 4) is 0 Å². The van der Waals surface area contributed by atoms with Crippen molar-refractivity contribution < 1.29 is 4.74 Å². The van der Waals surface area contributed by atoms with Crippen LogP contribution in [0.4, 0.5) is 0 Å². The molecule has 1 unspecified atom stereocenters. The molecule has 3 rings (SSSR count). The maximum atomic E-state index is 5.52. The highest BCUT2D eigenvalue weighted by Crippen LogP contribution is 2.36. The number of fused-ring (bicyclic) bond motifs is 1. The van der Waals surface area contributed by atoms with E-state index in [2.05, 4.69) is 30.4 Å². The van der Waals surface area contributed by atoms with Gasteiger partial charge in [0.15, 0.2) is 0 Å². The predicted molar refractivity (Wildman–Crippen MR) is 77.9 cm³/mol. The number of hydrogen-bond donors (Lipinski definition) is 1. The first kappa shape index (κ1) is 13.1. The number of ether oxygens (including phenoxy) is 1. The van der Waals surface area contributed by atoms with Gasteiger partial charge in [-0.2, -0.15) is 0 Å². The van der Waals surface area contributed by atoms with Gasteiger partial charge in [0.1, 0.15) is 0 Å². The Bertz CT molecular complexity index is 425. The summed E-state index contributed by atoms with van der Waals surface area (Å²) in [5.74, 6) is 1.02. The fourth-order valence-electron chi connectivity index (χ4n) is 2.92. The van der Waals surface area contributed by atoms with Crippen molar-refractivity contribution in [1.29, 1.82) is 0 Å². The molecule has 1 N–H and O–H groups in total. The van der Waals surface area contributed by atoms with E-state index < -0.39 is 0 Å². The topological polar surface area (TPSA) is 21.3 Å². The van der Waals surface area contributed by atoms with E-state index in [4.69, 9.17) is 4.74 Å². The average molecular weight is 259 g/mol. The highest BCUT2D eigenvalue weighted by Gasteiger charge is 2.23. The fraction of sp³-hybridized carbons (Fsp3) is 0.647. The third-order valence-corrected chi connectivity index (χ3v) is 4.35. The van der Waals surface area contributed by atoms with Crippen LogP contribution in [0.15, 0.2) is 18.2 Å². The lowest BCUT2D eigenvalue weighted by atomic mass is 9.97. The van der Waals surface area contributed by atoms with Crippen LogP contribution >= 0.6 is 0 Å². The lowest BCUT2D eigenvalue weighted by molar-refractivity contribution is 0.134. The molecule has 1 atom stereocenters. The van der Waals surface area contributed by atoms with Gasteiger partial charge in [0.05, 0.1) is 13.2 Å². The van der Waals surface area contributed by atoms with E-state index in [1.165, 1.54) is 48.8 Å². The van der Waals surface area contributed by atoms with Crippen LogP contribution in [-0.4, -0.2) is 6.54 Å². The van der Waals surface area contributed by atoms with Crippen LogP contribution in [0.1, 0.15) is 61.8 Å². The van der Waals surface area contributed by atoms with E-state index in [1.54, 1.807) is 0 Å². The fourth-order valence-corrected chi connectivity index (χ4v) is 2.92. The lowest BCUT2D eigenvalue weighted by Gasteiger charge is -2.19. The first-order chi connectivity index (χ1) is 9.36. The first-order valence-corrected chi connectivity index (χ1v) is 7.79. The quantitative estimate of drug-likeness (QED) is 0.800. The smallest absolute Gasteiger partial charge is 0.0725 e. The molecule has 1 aliphatic heterocycles. The summed E-state index contributed by atoms with van der Waals surface area (Å²) in [7, 11) is 0. The van der Waals surface area contributed by atoms with Gasteiger partial charge in [-0.25, -0.2) is 0 Å². The molecule has 1 fully saturated rings. The molecule has 0 amide bonds. The van der Waals surface area contributed by atoms with Gasteiger partial charge >= 0.3 is 0 Å². The molecule has 104 valence electrons. The van der Waals surface area contributed by atoms with Crippen molar-refractivity contribution in [1.82, 2.24) is 5.32 Å². The molecule has 1 aromatic carbocycles. The van der Waals surface area contributed by atoms with Crippen LogP contribution in [0.3, 0.4) is 0 Å². The lowest BCUT2D eigenvalue weighted by Crippen LogP contribution is -2.22. The maximum Gasteiger partial charge on any atom is 0.0725 e. The minimum absolute atomic E-state index is 0.534. The summed E-state index contributed by atoms with van der Waals surface area (Å²) in [6.07, 6.45) is 6.78. The standard InChI is InChI=1S/C17H25NO/c1-2-9-18-17(8-5-13-3-4-13)14-6-7-15-11-19-12-16(15)10-14/h6-7,10,13,17-18H,2-5,8-9,11-12H2,1H3. The second-order valence-electron chi connectivity index (χ2n) is 6.05. The summed E-state index contributed by atoms with van der Waals surface area (Å²) >= 11 is 0. The van der Waals surface area contributed by atoms with Crippen LogP contribution in [0.2, 0.25) is 0 Å². The Morgan fingerprint density at radius 1 is 1.26 bits per heavy atom. The Hall–Kier alpha value is -0.860. The number of hydrogen-bond acceptors (Lipinski definition) is 2. The largest absolute Gasteiger partial charge is 0.372 e. The number of nitrogens with one attached hydrogen (secondary N) is 1. The van der Waals surface area contributed by atoms with Gasteiger partial charge in [-0.05, 0) is 48.4 Å². The third kappa shape index (κ3) is 3.37.